The van der Waals surface area contributed by atoms with E-state index in [1.54, 1.807) is 0 Å². The van der Waals surface area contributed by atoms with Crippen molar-refractivity contribution < 1.29 is 4.79 Å². The number of hydrogen-bond acceptors (Lipinski definition) is 2. The molecule has 3 nitrogen and oxygen atoms in total. The molecule has 0 radical (unpaired) electrons. The van der Waals surface area contributed by atoms with Gasteiger partial charge in [-0.2, -0.15) is 0 Å². The summed E-state index contributed by atoms with van der Waals surface area (Å²) in [7, 11) is 0. The van der Waals surface area contributed by atoms with Gasteiger partial charge in [-0.05, 0) is 53.4 Å². The summed E-state index contributed by atoms with van der Waals surface area (Å²) < 4.78 is 0. The minimum Gasteiger partial charge on any atom is -0.353 e. The maximum atomic E-state index is 12.3. The highest BCUT2D eigenvalue weighted by Gasteiger charge is 2.41. The smallest absolute Gasteiger partial charge is 0.227 e. The van der Waals surface area contributed by atoms with Crippen LogP contribution in [0.1, 0.15) is 60.3 Å². The van der Waals surface area contributed by atoms with Crippen LogP contribution in [-0.2, 0) is 4.79 Å². The number of carbonyl (C=O) groups excluding carboxylic acids is 1. The second-order valence-corrected chi connectivity index (χ2v) is 6.65. The fraction of sp³-hybridized carbons (Fsp3) is 0.929. The average molecular weight is 240 g/mol. The van der Waals surface area contributed by atoms with E-state index in [-0.39, 0.29) is 11.9 Å². The first-order chi connectivity index (χ1) is 7.66. The lowest BCUT2D eigenvalue weighted by molar-refractivity contribution is -0.133. The molecule has 1 fully saturated rings. The van der Waals surface area contributed by atoms with Crippen LogP contribution in [0.15, 0.2) is 0 Å². The highest BCUT2D eigenvalue weighted by atomic mass is 16.2. The van der Waals surface area contributed by atoms with Crippen molar-refractivity contribution in [1.29, 1.82) is 0 Å². The predicted molar refractivity (Wildman–Crippen MR) is 71.6 cm³/mol. The Kier molecular flexibility index (Phi) is 4.23. The molecule has 1 atom stereocenters. The van der Waals surface area contributed by atoms with Crippen molar-refractivity contribution in [3.8, 4) is 0 Å². The van der Waals surface area contributed by atoms with Crippen LogP contribution in [0.25, 0.3) is 0 Å². The minimum atomic E-state index is -0.542. The monoisotopic (exact) mass is 240 g/mol. The third-order valence-electron chi connectivity index (χ3n) is 4.64. The summed E-state index contributed by atoms with van der Waals surface area (Å²) in [6, 6.07) is 0.270. The highest BCUT2D eigenvalue weighted by Crippen LogP contribution is 2.31. The quantitative estimate of drug-likeness (QED) is 0.793. The summed E-state index contributed by atoms with van der Waals surface area (Å²) in [5.41, 5.74) is 5.03. The minimum absolute atomic E-state index is 0.0735. The lowest BCUT2D eigenvalue weighted by atomic mass is 9.74. The third kappa shape index (κ3) is 3.21. The van der Waals surface area contributed by atoms with Gasteiger partial charge in [0.2, 0.25) is 5.91 Å². The molecule has 0 aromatic rings. The molecule has 0 aromatic carbocycles. The van der Waals surface area contributed by atoms with Gasteiger partial charge in [0.15, 0.2) is 0 Å². The van der Waals surface area contributed by atoms with Gasteiger partial charge in [-0.25, -0.2) is 0 Å². The highest BCUT2D eigenvalue weighted by molar-refractivity contribution is 5.83. The number of nitrogens with one attached hydrogen (secondary N) is 1. The Labute approximate surface area is 106 Å². The van der Waals surface area contributed by atoms with Gasteiger partial charge in [0.05, 0.1) is 5.41 Å². The largest absolute Gasteiger partial charge is 0.353 e. The number of amides is 1. The molecule has 100 valence electrons. The maximum Gasteiger partial charge on any atom is 0.227 e. The summed E-state index contributed by atoms with van der Waals surface area (Å²) in [4.78, 5) is 12.3. The van der Waals surface area contributed by atoms with E-state index < -0.39 is 11.0 Å². The van der Waals surface area contributed by atoms with E-state index in [0.717, 1.165) is 0 Å². The van der Waals surface area contributed by atoms with E-state index in [1.165, 1.54) is 25.7 Å². The van der Waals surface area contributed by atoms with Crippen molar-refractivity contribution in [3.63, 3.8) is 0 Å². The Balaban J connectivity index is 2.59. The molecule has 0 spiro atoms. The molecule has 0 aliphatic heterocycles. The summed E-state index contributed by atoms with van der Waals surface area (Å²) >= 11 is 0. The van der Waals surface area contributed by atoms with Gasteiger partial charge < -0.3 is 11.1 Å². The molecule has 1 rings (SSSR count). The zero-order valence-corrected chi connectivity index (χ0v) is 12.0. The molecule has 17 heavy (non-hydrogen) atoms. The maximum absolute atomic E-state index is 12.3. The lowest BCUT2D eigenvalue weighted by Gasteiger charge is -2.38. The first-order valence-electron chi connectivity index (χ1n) is 6.76. The van der Waals surface area contributed by atoms with Crippen LogP contribution < -0.4 is 11.1 Å². The molecule has 0 heterocycles. The molecule has 0 aromatic heterocycles. The van der Waals surface area contributed by atoms with Gasteiger partial charge in [-0.1, -0.05) is 12.8 Å². The SMILES string of the molecule is C[C@H](NC(=O)C(C)(C)C(C)(C)N)C1CCCC1. The standard InChI is InChI=1S/C14H28N2O/c1-10(11-8-6-7-9-11)16-12(17)13(2,3)14(4,5)15/h10-11H,6-9,15H2,1-5H3,(H,16,17)/t10-/m0/s1. The molecule has 1 saturated carbocycles. The Morgan fingerprint density at radius 2 is 1.71 bits per heavy atom. The Morgan fingerprint density at radius 1 is 1.24 bits per heavy atom. The van der Waals surface area contributed by atoms with Crippen LogP contribution in [0.5, 0.6) is 0 Å². The van der Waals surface area contributed by atoms with E-state index in [4.69, 9.17) is 5.73 Å². The van der Waals surface area contributed by atoms with Gasteiger partial charge in [0.25, 0.3) is 0 Å². The van der Waals surface area contributed by atoms with Crippen LogP contribution in [0.4, 0.5) is 0 Å². The molecule has 1 amide bonds. The van der Waals surface area contributed by atoms with Crippen LogP contribution in [0, 0.1) is 11.3 Å². The molecule has 0 saturated heterocycles. The summed E-state index contributed by atoms with van der Waals surface area (Å²) in [5, 5.41) is 3.15. The van der Waals surface area contributed by atoms with Crippen LogP contribution in [0.2, 0.25) is 0 Å². The zero-order chi connectivity index (χ0) is 13.3. The molecular formula is C14H28N2O. The number of hydrogen-bond donors (Lipinski definition) is 2. The Hall–Kier alpha value is -0.570. The molecule has 1 aliphatic rings. The fourth-order valence-corrected chi connectivity index (χ4v) is 2.26. The van der Waals surface area contributed by atoms with Gasteiger partial charge in [0, 0.05) is 11.6 Å². The zero-order valence-electron chi connectivity index (χ0n) is 12.0. The third-order valence-corrected chi connectivity index (χ3v) is 4.64. The summed E-state index contributed by atoms with van der Waals surface area (Å²) in [6.45, 7) is 9.78. The van der Waals surface area contributed by atoms with E-state index in [0.29, 0.717) is 5.92 Å². The second-order valence-electron chi connectivity index (χ2n) is 6.65. The first kappa shape index (κ1) is 14.5. The fourth-order valence-electron chi connectivity index (χ4n) is 2.26. The predicted octanol–water partition coefficient (Wildman–Crippen LogP) is 2.44. The molecule has 3 N–H and O–H groups in total. The van der Waals surface area contributed by atoms with E-state index in [1.807, 2.05) is 27.7 Å². The van der Waals surface area contributed by atoms with Gasteiger partial charge >= 0.3 is 0 Å². The van der Waals surface area contributed by atoms with E-state index in [9.17, 15) is 4.79 Å². The van der Waals surface area contributed by atoms with E-state index in [2.05, 4.69) is 12.2 Å². The molecule has 0 unspecified atom stereocenters. The Morgan fingerprint density at radius 3 is 2.12 bits per heavy atom. The molecule has 0 bridgehead atoms. The lowest BCUT2D eigenvalue weighted by Crippen LogP contribution is -2.57. The van der Waals surface area contributed by atoms with E-state index >= 15 is 0 Å². The summed E-state index contributed by atoms with van der Waals surface area (Å²) in [5.74, 6) is 0.722. The van der Waals surface area contributed by atoms with Gasteiger partial charge in [-0.15, -0.1) is 0 Å². The van der Waals surface area contributed by atoms with Crippen molar-refractivity contribution in [1.82, 2.24) is 5.32 Å². The normalized spacial score (nSPS) is 20.4. The average Bonchev–Trinajstić information content (AvgIpc) is 2.68. The van der Waals surface area contributed by atoms with Gasteiger partial charge in [0.1, 0.15) is 0 Å². The van der Waals surface area contributed by atoms with Crippen molar-refractivity contribution in [2.24, 2.45) is 17.1 Å². The number of carbonyl (C=O) groups is 1. The van der Waals surface area contributed by atoms with Gasteiger partial charge in [-0.3, -0.25) is 4.79 Å². The van der Waals surface area contributed by atoms with Crippen molar-refractivity contribution in [2.45, 2.75) is 71.9 Å². The van der Waals surface area contributed by atoms with Crippen molar-refractivity contribution >= 4 is 5.91 Å². The Bertz CT molecular complexity index is 272. The second kappa shape index (κ2) is 4.97. The topological polar surface area (TPSA) is 55.1 Å². The summed E-state index contributed by atoms with van der Waals surface area (Å²) in [6.07, 6.45) is 5.09. The number of rotatable bonds is 4. The first-order valence-corrected chi connectivity index (χ1v) is 6.76. The van der Waals surface area contributed by atoms with Crippen LogP contribution >= 0.6 is 0 Å². The van der Waals surface area contributed by atoms with Crippen LogP contribution in [0.3, 0.4) is 0 Å². The van der Waals surface area contributed by atoms with Crippen molar-refractivity contribution in [2.75, 3.05) is 0 Å². The number of nitrogens with two attached hydrogens (primary N) is 1. The van der Waals surface area contributed by atoms with Crippen molar-refractivity contribution in [3.05, 3.63) is 0 Å². The van der Waals surface area contributed by atoms with Crippen LogP contribution in [-0.4, -0.2) is 17.5 Å². The molecule has 3 heteroatoms. The molecule has 1 aliphatic carbocycles. The molecular weight excluding hydrogens is 212 g/mol.